The summed E-state index contributed by atoms with van der Waals surface area (Å²) >= 11 is 0. The lowest BCUT2D eigenvalue weighted by Gasteiger charge is -2.58. The summed E-state index contributed by atoms with van der Waals surface area (Å²) in [5, 5.41) is 24.0. The van der Waals surface area contributed by atoms with Crippen LogP contribution in [0.15, 0.2) is 42.2 Å². The Morgan fingerprint density at radius 1 is 1.31 bits per heavy atom. The summed E-state index contributed by atoms with van der Waals surface area (Å²) in [5.74, 6) is 1.69. The maximum absolute atomic E-state index is 13.0. The molecule has 1 amide bonds. The highest BCUT2D eigenvalue weighted by atomic mass is 16.5. The van der Waals surface area contributed by atoms with Crippen LogP contribution in [0, 0.1) is 17.2 Å². The molecule has 1 N–H and O–H groups in total. The number of piperidine rings is 1. The number of allylic oxidation sites excluding steroid dienone is 2. The van der Waals surface area contributed by atoms with Crippen molar-refractivity contribution in [3.8, 4) is 11.8 Å². The molecule has 0 spiro atoms. The van der Waals surface area contributed by atoms with Crippen molar-refractivity contribution in [2.75, 3.05) is 33.9 Å². The first-order valence-corrected chi connectivity index (χ1v) is 13.3. The largest absolute Gasteiger partial charge is 0.489 e. The molecule has 3 saturated heterocycles. The number of pyridine rings is 1. The summed E-state index contributed by atoms with van der Waals surface area (Å²) in [5.41, 5.74) is 1.45. The van der Waals surface area contributed by atoms with E-state index >= 15 is 0 Å². The number of carbonyl (C=O) groups excluding carboxylic acids is 1. The molecular weight excluding hydrogens is 496 g/mol. The second-order valence-corrected chi connectivity index (χ2v) is 11.3. The Hall–Kier alpha value is -3.68. The number of carbonyl (C=O) groups is 1. The molecule has 10 heteroatoms. The van der Waals surface area contributed by atoms with Crippen LogP contribution in [0.5, 0.6) is 5.75 Å². The van der Waals surface area contributed by atoms with Gasteiger partial charge in [-0.2, -0.15) is 10.4 Å². The van der Waals surface area contributed by atoms with E-state index in [0.717, 1.165) is 38.2 Å². The van der Waals surface area contributed by atoms with Crippen LogP contribution in [0.4, 0.5) is 0 Å². The number of rotatable bonds is 8. The van der Waals surface area contributed by atoms with Crippen LogP contribution in [0.3, 0.4) is 0 Å². The number of fused-ring (bicyclic) bond motifs is 3. The van der Waals surface area contributed by atoms with E-state index in [9.17, 15) is 15.2 Å². The van der Waals surface area contributed by atoms with E-state index in [-0.39, 0.29) is 36.6 Å². The number of aliphatic hydroxyl groups is 1. The fourth-order valence-electron chi connectivity index (χ4n) is 5.68. The van der Waals surface area contributed by atoms with Gasteiger partial charge in [-0.1, -0.05) is 12.7 Å². The minimum absolute atomic E-state index is 0.0937. The zero-order valence-electron chi connectivity index (χ0n) is 23.0. The van der Waals surface area contributed by atoms with Gasteiger partial charge in [0.05, 0.1) is 47.3 Å². The summed E-state index contributed by atoms with van der Waals surface area (Å²) in [6.45, 7) is 9.20. The van der Waals surface area contributed by atoms with Crippen molar-refractivity contribution in [3.63, 3.8) is 0 Å². The van der Waals surface area contributed by atoms with E-state index in [0.29, 0.717) is 28.0 Å². The molecule has 6 rings (SSSR count). The van der Waals surface area contributed by atoms with E-state index in [4.69, 9.17) is 9.47 Å². The van der Waals surface area contributed by atoms with Crippen LogP contribution in [-0.4, -0.2) is 93.9 Å². The quantitative estimate of drug-likeness (QED) is 0.316. The van der Waals surface area contributed by atoms with Gasteiger partial charge >= 0.3 is 0 Å². The molecule has 0 aromatic carbocycles. The molecule has 2 atom stereocenters. The number of methoxy groups -OCH3 is 1. The highest BCUT2D eigenvalue weighted by molar-refractivity contribution is 5.97. The Morgan fingerprint density at radius 2 is 2.03 bits per heavy atom. The van der Waals surface area contributed by atoms with Crippen molar-refractivity contribution in [2.24, 2.45) is 10.9 Å². The smallest absolute Gasteiger partial charge is 0.226 e. The number of hydrogen-bond donors (Lipinski definition) is 1. The maximum atomic E-state index is 13.0. The number of aliphatic imine (C=N–C) groups is 1. The Bertz CT molecular complexity index is 1360. The van der Waals surface area contributed by atoms with Crippen LogP contribution in [0.25, 0.3) is 11.1 Å². The van der Waals surface area contributed by atoms with Gasteiger partial charge in [0, 0.05) is 38.7 Å². The first-order chi connectivity index (χ1) is 18.6. The van der Waals surface area contributed by atoms with Gasteiger partial charge in [0.2, 0.25) is 5.91 Å². The molecule has 2 bridgehead atoms. The lowest BCUT2D eigenvalue weighted by Crippen LogP contribution is -2.72. The summed E-state index contributed by atoms with van der Waals surface area (Å²) < 4.78 is 12.8. The topological polar surface area (TPSA) is 116 Å². The van der Waals surface area contributed by atoms with E-state index in [1.165, 1.54) is 6.20 Å². The van der Waals surface area contributed by atoms with Crippen molar-refractivity contribution in [1.82, 2.24) is 19.4 Å². The second kappa shape index (κ2) is 10.5. The first-order valence-electron chi connectivity index (χ1n) is 13.3. The van der Waals surface area contributed by atoms with Crippen LogP contribution < -0.4 is 4.74 Å². The molecule has 2 aromatic heterocycles. The standard InChI is InChI=1S/C29H36N6O4/c1-18(25-11-24(39-17-29(2,3)37)16-34-27(25)20(12-30)13-32-34)6-7-26(31-4)33-14-21-10-22(15-33)35(21)28(36)19-8-23(9-19)38-5/h6-7,11,13,16,19,21-23,37H,1,8-10,14-15,17H2,2-5H3/b7-6-,31-26+/t19-,21?,22?,23-. The third-order valence-corrected chi connectivity index (χ3v) is 7.86. The van der Waals surface area contributed by atoms with Crippen LogP contribution in [-0.2, 0) is 9.53 Å². The molecule has 3 aliphatic heterocycles. The number of ether oxygens (including phenoxy) is 2. The number of aromatic nitrogens is 2. The third kappa shape index (κ3) is 5.29. The average Bonchev–Trinajstić information content (AvgIpc) is 3.29. The predicted octanol–water partition coefficient (Wildman–Crippen LogP) is 2.66. The number of nitrogens with zero attached hydrogens (tertiary/aromatic N) is 6. The van der Waals surface area contributed by atoms with Crippen LogP contribution in [0.1, 0.15) is 44.2 Å². The number of amides is 1. The molecule has 206 valence electrons. The molecule has 10 nitrogen and oxygen atoms in total. The highest BCUT2D eigenvalue weighted by Crippen LogP contribution is 2.39. The molecule has 5 heterocycles. The lowest BCUT2D eigenvalue weighted by atomic mass is 9.78. The molecule has 4 fully saturated rings. The van der Waals surface area contributed by atoms with Gasteiger partial charge in [0.15, 0.2) is 0 Å². The van der Waals surface area contributed by atoms with Crippen molar-refractivity contribution in [2.45, 2.75) is 56.9 Å². The zero-order chi connectivity index (χ0) is 27.9. The SMILES string of the molecule is C=C(/C=C\C(=N/C)N1CC2CC(C1)N2C(=O)[C@H]1C[C@H](OC)C1)c1cc(OCC(C)(C)O)cn2ncc(C#N)c12. The lowest BCUT2D eigenvalue weighted by molar-refractivity contribution is -0.163. The minimum Gasteiger partial charge on any atom is -0.489 e. The Labute approximate surface area is 228 Å². The second-order valence-electron chi connectivity index (χ2n) is 11.3. The highest BCUT2D eigenvalue weighted by Gasteiger charge is 2.50. The van der Waals surface area contributed by atoms with Gasteiger partial charge in [-0.05, 0) is 50.8 Å². The Morgan fingerprint density at radius 3 is 2.64 bits per heavy atom. The Kier molecular flexibility index (Phi) is 7.23. The number of piperazine rings is 1. The summed E-state index contributed by atoms with van der Waals surface area (Å²) in [4.78, 5) is 21.8. The van der Waals surface area contributed by atoms with Gasteiger partial charge in [-0.15, -0.1) is 0 Å². The molecule has 2 unspecified atom stereocenters. The maximum Gasteiger partial charge on any atom is 0.226 e. The van der Waals surface area contributed by atoms with E-state index in [1.807, 2.05) is 18.2 Å². The zero-order valence-corrected chi connectivity index (χ0v) is 23.0. The predicted molar refractivity (Wildman–Crippen MR) is 147 cm³/mol. The first kappa shape index (κ1) is 26.9. The average molecular weight is 533 g/mol. The summed E-state index contributed by atoms with van der Waals surface area (Å²) in [7, 11) is 3.47. The van der Waals surface area contributed by atoms with Gasteiger partial charge in [0.25, 0.3) is 0 Å². The van der Waals surface area contributed by atoms with E-state index in [2.05, 4.69) is 32.5 Å². The summed E-state index contributed by atoms with van der Waals surface area (Å²) in [6, 6.07) is 4.42. The van der Waals surface area contributed by atoms with Crippen molar-refractivity contribution in [3.05, 3.63) is 48.3 Å². The van der Waals surface area contributed by atoms with Gasteiger partial charge in [-0.25, -0.2) is 4.52 Å². The van der Waals surface area contributed by atoms with Gasteiger partial charge < -0.3 is 24.4 Å². The minimum atomic E-state index is -1.000. The van der Waals surface area contributed by atoms with Crippen LogP contribution in [0.2, 0.25) is 0 Å². The molecular formula is C29H36N6O4. The monoisotopic (exact) mass is 532 g/mol. The molecule has 2 aromatic rings. The fraction of sp³-hybridized carbons (Fsp3) is 0.517. The Balaban J connectivity index is 1.29. The van der Waals surface area contributed by atoms with Gasteiger partial charge in [0.1, 0.15) is 24.3 Å². The number of amidine groups is 1. The van der Waals surface area contributed by atoms with E-state index in [1.54, 1.807) is 38.7 Å². The van der Waals surface area contributed by atoms with E-state index < -0.39 is 5.60 Å². The van der Waals surface area contributed by atoms with Crippen molar-refractivity contribution >= 4 is 22.8 Å². The van der Waals surface area contributed by atoms with Crippen LogP contribution >= 0.6 is 0 Å². The summed E-state index contributed by atoms with van der Waals surface area (Å²) in [6.07, 6.45) is 9.91. The molecule has 1 aliphatic carbocycles. The van der Waals surface area contributed by atoms with Crippen molar-refractivity contribution < 1.29 is 19.4 Å². The molecule has 39 heavy (non-hydrogen) atoms. The molecule has 0 radical (unpaired) electrons. The molecule has 1 saturated carbocycles. The fourth-order valence-corrected chi connectivity index (χ4v) is 5.68. The normalized spacial score (nSPS) is 24.9. The van der Waals surface area contributed by atoms with Gasteiger partial charge in [-0.3, -0.25) is 9.79 Å². The third-order valence-electron chi connectivity index (χ3n) is 7.86. The molecule has 4 aliphatic rings. The number of hydrogen-bond acceptors (Lipinski definition) is 7. The van der Waals surface area contributed by atoms with Crippen molar-refractivity contribution in [1.29, 1.82) is 5.26 Å². The number of nitriles is 1.